The summed E-state index contributed by atoms with van der Waals surface area (Å²) >= 11 is 12.6. The quantitative estimate of drug-likeness (QED) is 0.256. The molecule has 3 aromatic rings. The molecule has 9 nitrogen and oxygen atoms in total. The minimum atomic E-state index is -4.30. The Morgan fingerprint density at radius 2 is 1.66 bits per heavy atom. The zero-order valence-electron chi connectivity index (χ0n) is 25.2. The van der Waals surface area contributed by atoms with Crippen LogP contribution >= 0.6 is 23.2 Å². The van der Waals surface area contributed by atoms with Crippen molar-refractivity contribution < 1.29 is 27.5 Å². The molecule has 1 aliphatic rings. The molecule has 236 valence electrons. The fourth-order valence-electron chi connectivity index (χ4n) is 5.15. The van der Waals surface area contributed by atoms with Gasteiger partial charge in [0.15, 0.2) is 0 Å². The molecule has 1 fully saturated rings. The van der Waals surface area contributed by atoms with Crippen LogP contribution in [0.3, 0.4) is 0 Å². The Morgan fingerprint density at radius 1 is 0.977 bits per heavy atom. The van der Waals surface area contributed by atoms with Crippen LogP contribution in [0.5, 0.6) is 11.5 Å². The lowest BCUT2D eigenvalue weighted by molar-refractivity contribution is -0.139. The van der Waals surface area contributed by atoms with Crippen LogP contribution in [0.15, 0.2) is 65.6 Å². The van der Waals surface area contributed by atoms with E-state index in [2.05, 4.69) is 5.32 Å². The van der Waals surface area contributed by atoms with Gasteiger partial charge in [0, 0.05) is 28.7 Å². The number of hydrogen-bond donors (Lipinski definition) is 1. The summed E-state index contributed by atoms with van der Waals surface area (Å²) in [7, 11) is -1.44. The molecule has 4 rings (SSSR count). The summed E-state index contributed by atoms with van der Waals surface area (Å²) in [5.41, 5.74) is 1.53. The van der Waals surface area contributed by atoms with Crippen LogP contribution in [-0.2, 0) is 26.2 Å². The summed E-state index contributed by atoms with van der Waals surface area (Å²) < 4.78 is 40.3. The minimum absolute atomic E-state index is 0.0138. The van der Waals surface area contributed by atoms with Crippen molar-refractivity contribution >= 4 is 50.7 Å². The second kappa shape index (κ2) is 14.5. The van der Waals surface area contributed by atoms with Gasteiger partial charge in [0.2, 0.25) is 11.8 Å². The SMILES string of the molecule is COc1ccc(OC)c(N(CC(=O)N(Cc2ccc(Cl)cc2Cl)[C@H](C)C(=O)NC2CCCC2)S(=O)(=O)c2ccc(C)cc2)c1. The van der Waals surface area contributed by atoms with Gasteiger partial charge >= 0.3 is 0 Å². The zero-order chi connectivity index (χ0) is 32.0. The molecule has 0 saturated heterocycles. The van der Waals surface area contributed by atoms with E-state index in [9.17, 15) is 18.0 Å². The molecule has 3 aromatic carbocycles. The maximum Gasteiger partial charge on any atom is 0.264 e. The maximum atomic E-state index is 14.3. The van der Waals surface area contributed by atoms with Crippen molar-refractivity contribution in [3.05, 3.63) is 81.8 Å². The monoisotopic (exact) mass is 661 g/mol. The number of carbonyl (C=O) groups is 2. The van der Waals surface area contributed by atoms with Crippen LogP contribution < -0.4 is 19.1 Å². The average molecular weight is 663 g/mol. The summed E-state index contributed by atoms with van der Waals surface area (Å²) in [5.74, 6) is -0.368. The predicted octanol–water partition coefficient (Wildman–Crippen LogP) is 5.99. The Bertz CT molecular complexity index is 1590. The van der Waals surface area contributed by atoms with Gasteiger partial charge in [-0.2, -0.15) is 0 Å². The van der Waals surface area contributed by atoms with E-state index in [0.29, 0.717) is 21.4 Å². The molecule has 1 N–H and O–H groups in total. The number of carbonyl (C=O) groups excluding carboxylic acids is 2. The van der Waals surface area contributed by atoms with Gasteiger partial charge in [-0.25, -0.2) is 8.42 Å². The largest absolute Gasteiger partial charge is 0.497 e. The average Bonchev–Trinajstić information content (AvgIpc) is 3.52. The first-order valence-electron chi connectivity index (χ1n) is 14.3. The highest BCUT2D eigenvalue weighted by molar-refractivity contribution is 7.92. The normalized spacial score (nSPS) is 14.1. The summed E-state index contributed by atoms with van der Waals surface area (Å²) in [5, 5.41) is 3.79. The third kappa shape index (κ3) is 7.78. The van der Waals surface area contributed by atoms with Crippen LogP contribution in [0.25, 0.3) is 0 Å². The fourth-order valence-corrected chi connectivity index (χ4v) is 7.04. The van der Waals surface area contributed by atoms with Gasteiger partial charge in [-0.05, 0) is 68.7 Å². The summed E-state index contributed by atoms with van der Waals surface area (Å²) in [6, 6.07) is 15.0. The van der Waals surface area contributed by atoms with Crippen molar-refractivity contribution in [2.24, 2.45) is 0 Å². The second-order valence-corrected chi connectivity index (χ2v) is 13.5. The minimum Gasteiger partial charge on any atom is -0.497 e. The number of anilines is 1. The van der Waals surface area contributed by atoms with Crippen molar-refractivity contribution in [3.63, 3.8) is 0 Å². The highest BCUT2D eigenvalue weighted by Crippen LogP contribution is 2.36. The lowest BCUT2D eigenvalue weighted by Crippen LogP contribution is -2.52. The number of amides is 2. The second-order valence-electron chi connectivity index (χ2n) is 10.8. The lowest BCUT2D eigenvalue weighted by Gasteiger charge is -2.33. The van der Waals surface area contributed by atoms with Gasteiger partial charge in [0.25, 0.3) is 10.0 Å². The Morgan fingerprint density at radius 3 is 2.27 bits per heavy atom. The maximum absolute atomic E-state index is 14.3. The smallest absolute Gasteiger partial charge is 0.264 e. The van der Waals surface area contributed by atoms with Gasteiger partial charge < -0.3 is 19.7 Å². The predicted molar refractivity (Wildman–Crippen MR) is 172 cm³/mol. The van der Waals surface area contributed by atoms with E-state index >= 15 is 0 Å². The lowest BCUT2D eigenvalue weighted by atomic mass is 10.1. The molecule has 1 atom stereocenters. The fraction of sp³-hybridized carbons (Fsp3) is 0.375. The molecule has 0 bridgehead atoms. The van der Waals surface area contributed by atoms with Crippen LogP contribution in [0.2, 0.25) is 10.0 Å². The highest BCUT2D eigenvalue weighted by Gasteiger charge is 2.35. The van der Waals surface area contributed by atoms with Crippen molar-refractivity contribution in [1.29, 1.82) is 0 Å². The van der Waals surface area contributed by atoms with E-state index in [1.54, 1.807) is 49.4 Å². The molecule has 0 aromatic heterocycles. The Hall–Kier alpha value is -3.47. The van der Waals surface area contributed by atoms with Gasteiger partial charge in [0.05, 0.1) is 24.8 Å². The molecule has 2 amide bonds. The highest BCUT2D eigenvalue weighted by atomic mass is 35.5. The van der Waals surface area contributed by atoms with Crippen LogP contribution in [0, 0.1) is 6.92 Å². The van der Waals surface area contributed by atoms with Crippen LogP contribution in [-0.4, -0.2) is 58.0 Å². The molecule has 44 heavy (non-hydrogen) atoms. The third-order valence-corrected chi connectivity index (χ3v) is 10.1. The summed E-state index contributed by atoms with van der Waals surface area (Å²) in [6.45, 7) is 2.78. The first-order chi connectivity index (χ1) is 20.9. The summed E-state index contributed by atoms with van der Waals surface area (Å²) in [4.78, 5) is 29.0. The van der Waals surface area contributed by atoms with E-state index in [4.69, 9.17) is 32.7 Å². The van der Waals surface area contributed by atoms with Gasteiger partial charge in [-0.15, -0.1) is 0 Å². The van der Waals surface area contributed by atoms with Gasteiger partial charge in [-0.3, -0.25) is 13.9 Å². The molecule has 0 heterocycles. The number of halogens is 2. The van der Waals surface area contributed by atoms with Crippen molar-refractivity contribution in [2.75, 3.05) is 25.1 Å². The number of sulfonamides is 1. The van der Waals surface area contributed by atoms with Gasteiger partial charge in [0.1, 0.15) is 24.1 Å². The number of methoxy groups -OCH3 is 2. The molecule has 0 spiro atoms. The number of ether oxygens (including phenoxy) is 2. The van der Waals surface area contributed by atoms with E-state index in [1.165, 1.54) is 37.3 Å². The third-order valence-electron chi connectivity index (χ3n) is 7.77. The van der Waals surface area contributed by atoms with Gasteiger partial charge in [-0.1, -0.05) is 59.8 Å². The van der Waals surface area contributed by atoms with E-state index in [-0.39, 0.29) is 34.8 Å². The van der Waals surface area contributed by atoms with Crippen LogP contribution in [0.1, 0.15) is 43.7 Å². The standard InChI is InChI=1S/C32H37Cl2N3O6S/c1-21-9-14-27(15-10-21)44(40,41)37(29-18-26(42-3)13-16-30(29)43-4)20-31(38)36(19-23-11-12-24(33)17-28(23)34)22(2)32(39)35-25-7-5-6-8-25/h9-18,22,25H,5-8,19-20H2,1-4H3,(H,35,39)/t22-/m1/s1. The first-order valence-corrected chi connectivity index (χ1v) is 16.5. The van der Waals surface area contributed by atoms with E-state index < -0.39 is 28.5 Å². The molecule has 12 heteroatoms. The van der Waals surface area contributed by atoms with Crippen molar-refractivity contribution in [3.8, 4) is 11.5 Å². The Labute approximate surface area is 269 Å². The number of rotatable bonds is 12. The Balaban J connectivity index is 1.77. The van der Waals surface area contributed by atoms with Crippen molar-refractivity contribution in [2.45, 2.75) is 63.1 Å². The molecule has 0 unspecified atom stereocenters. The zero-order valence-corrected chi connectivity index (χ0v) is 27.5. The van der Waals surface area contributed by atoms with E-state index in [1.807, 2.05) is 6.92 Å². The number of nitrogens with one attached hydrogen (secondary N) is 1. The molecule has 0 radical (unpaired) electrons. The topological polar surface area (TPSA) is 105 Å². The number of benzene rings is 3. The molecular formula is C32H37Cl2N3O6S. The van der Waals surface area contributed by atoms with E-state index in [0.717, 1.165) is 35.6 Å². The molecular weight excluding hydrogens is 625 g/mol. The number of nitrogens with zero attached hydrogens (tertiary/aromatic N) is 2. The van der Waals surface area contributed by atoms with Crippen molar-refractivity contribution in [1.82, 2.24) is 10.2 Å². The summed E-state index contributed by atoms with van der Waals surface area (Å²) in [6.07, 6.45) is 3.79. The Kier molecular flexibility index (Phi) is 11.0. The number of hydrogen-bond acceptors (Lipinski definition) is 6. The van der Waals surface area contributed by atoms with Crippen LogP contribution in [0.4, 0.5) is 5.69 Å². The molecule has 1 aliphatic carbocycles. The molecule has 0 aliphatic heterocycles. The molecule has 1 saturated carbocycles. The number of aryl methyl sites for hydroxylation is 1. The first kappa shape index (κ1) is 33.4.